The number of amidine groups is 1. The van der Waals surface area contributed by atoms with Gasteiger partial charge in [-0.15, -0.1) is 0 Å². The Morgan fingerprint density at radius 2 is 1.79 bits per heavy atom. The molecule has 0 aliphatic heterocycles. The molecule has 33 heavy (non-hydrogen) atoms. The van der Waals surface area contributed by atoms with E-state index in [9.17, 15) is 23.1 Å². The van der Waals surface area contributed by atoms with Gasteiger partial charge in [0.2, 0.25) is 5.88 Å². The molecule has 1 atom stereocenters. The van der Waals surface area contributed by atoms with E-state index in [1.165, 1.54) is 6.07 Å². The molecule has 6 nitrogen and oxygen atoms in total. The highest BCUT2D eigenvalue weighted by Crippen LogP contribution is 2.29. The first-order chi connectivity index (χ1) is 15.6. The van der Waals surface area contributed by atoms with Crippen molar-refractivity contribution in [3.8, 4) is 5.88 Å². The van der Waals surface area contributed by atoms with Gasteiger partial charge in [0.25, 0.3) is 5.91 Å². The molecule has 0 aliphatic rings. The molecule has 0 radical (unpaired) electrons. The Labute approximate surface area is 193 Å². The van der Waals surface area contributed by atoms with Gasteiger partial charge in [0.1, 0.15) is 11.7 Å². The highest BCUT2D eigenvalue weighted by molar-refractivity contribution is 6.31. The molecule has 1 unspecified atom stereocenters. The summed E-state index contributed by atoms with van der Waals surface area (Å²) in [5, 5.41) is 16.1. The third kappa shape index (κ3) is 6.69. The number of hydrogen-bond acceptors (Lipinski definition) is 4. The first-order valence-corrected chi connectivity index (χ1v) is 10.2. The molecule has 0 saturated heterocycles. The van der Waals surface area contributed by atoms with E-state index in [4.69, 9.17) is 11.6 Å². The third-order valence-electron chi connectivity index (χ3n) is 4.62. The van der Waals surface area contributed by atoms with Crippen LogP contribution in [0, 0.1) is 0 Å². The number of aromatic hydroxyl groups is 1. The fraction of sp³-hybridized carbons (Fsp3) is 0.174. The summed E-state index contributed by atoms with van der Waals surface area (Å²) in [5.41, 5.74) is -0.0853. The summed E-state index contributed by atoms with van der Waals surface area (Å²) < 4.78 is 38.4. The van der Waals surface area contributed by atoms with E-state index in [2.05, 4.69) is 20.6 Å². The Kier molecular flexibility index (Phi) is 7.55. The lowest BCUT2D eigenvalue weighted by molar-refractivity contribution is -0.137. The number of nitrogens with one attached hydrogen (secondary N) is 2. The van der Waals surface area contributed by atoms with Crippen LogP contribution in [0.5, 0.6) is 5.88 Å². The minimum absolute atomic E-state index is 0.00294. The number of nitrogens with zero attached hydrogens (tertiary/aromatic N) is 2. The Morgan fingerprint density at radius 1 is 1.09 bits per heavy atom. The minimum Gasteiger partial charge on any atom is -0.493 e. The van der Waals surface area contributed by atoms with E-state index < -0.39 is 17.6 Å². The molecule has 1 heterocycles. The number of carbonyl (C=O) groups excluding carboxylic acids is 1. The Morgan fingerprint density at radius 3 is 2.42 bits per heavy atom. The zero-order valence-electron chi connectivity index (χ0n) is 17.4. The van der Waals surface area contributed by atoms with Crippen LogP contribution in [-0.4, -0.2) is 28.4 Å². The fourth-order valence-corrected chi connectivity index (χ4v) is 3.26. The maximum Gasteiger partial charge on any atom is 0.416 e. The van der Waals surface area contributed by atoms with Crippen LogP contribution in [0.25, 0.3) is 0 Å². The van der Waals surface area contributed by atoms with Crippen LogP contribution < -0.4 is 10.6 Å². The van der Waals surface area contributed by atoms with Crippen molar-refractivity contribution in [3.63, 3.8) is 0 Å². The maximum absolute atomic E-state index is 12.8. The quantitative estimate of drug-likeness (QED) is 0.325. The summed E-state index contributed by atoms with van der Waals surface area (Å²) in [6, 6.07) is 15.3. The molecule has 0 fully saturated rings. The van der Waals surface area contributed by atoms with Crippen LogP contribution in [0.15, 0.2) is 71.7 Å². The molecule has 0 bridgehead atoms. The first-order valence-electron chi connectivity index (χ1n) is 9.83. The lowest BCUT2D eigenvalue weighted by Gasteiger charge is -2.19. The summed E-state index contributed by atoms with van der Waals surface area (Å²) in [6.45, 7) is 1.85. The zero-order chi connectivity index (χ0) is 24.0. The number of aliphatic imine (C=N–C) groups is 1. The van der Waals surface area contributed by atoms with E-state index in [0.717, 1.165) is 29.8 Å². The average molecular weight is 477 g/mol. The number of amides is 1. The molecule has 2 aromatic carbocycles. The number of hydrogen-bond donors (Lipinski definition) is 3. The number of carbonyl (C=O) groups is 1. The van der Waals surface area contributed by atoms with Crippen molar-refractivity contribution in [2.24, 2.45) is 4.99 Å². The van der Waals surface area contributed by atoms with E-state index in [1.807, 2.05) is 19.1 Å². The molecule has 0 aliphatic carbocycles. The summed E-state index contributed by atoms with van der Waals surface area (Å²) in [6.07, 6.45) is -4.50. The van der Waals surface area contributed by atoms with E-state index in [0.29, 0.717) is 10.8 Å². The van der Waals surface area contributed by atoms with Crippen LogP contribution >= 0.6 is 11.6 Å². The smallest absolute Gasteiger partial charge is 0.416 e. The van der Waals surface area contributed by atoms with E-state index >= 15 is 0 Å². The highest BCUT2D eigenvalue weighted by Gasteiger charge is 2.30. The standard InChI is InChI=1S/C23H20ClF3N4O2/c1-14(17-5-2-3-6-18(17)24)29-20(13-28-19-7-4-8-21(32)30-19)31-22(33)15-9-11-16(12-10-15)23(25,26)27/h2-12,14H,13H2,1H3,(H2,28,30,32)(H,29,31,33). The summed E-state index contributed by atoms with van der Waals surface area (Å²) >= 11 is 6.25. The van der Waals surface area contributed by atoms with Crippen molar-refractivity contribution in [3.05, 3.63) is 88.4 Å². The van der Waals surface area contributed by atoms with Crippen LogP contribution in [-0.2, 0) is 6.18 Å². The van der Waals surface area contributed by atoms with Crippen LogP contribution in [0.3, 0.4) is 0 Å². The number of aromatic nitrogens is 1. The first kappa shape index (κ1) is 24.1. The second kappa shape index (κ2) is 10.4. The molecule has 172 valence electrons. The van der Waals surface area contributed by atoms with Gasteiger partial charge in [0.05, 0.1) is 18.2 Å². The number of halogens is 4. The van der Waals surface area contributed by atoms with Crippen LogP contribution in [0.2, 0.25) is 5.02 Å². The lowest BCUT2D eigenvalue weighted by Crippen LogP contribution is -2.33. The average Bonchev–Trinajstić information content (AvgIpc) is 2.77. The molecule has 0 spiro atoms. The van der Waals surface area contributed by atoms with Gasteiger partial charge in [-0.3, -0.25) is 4.79 Å². The Hall–Kier alpha value is -3.59. The second-order valence-corrected chi connectivity index (χ2v) is 7.47. The largest absolute Gasteiger partial charge is 0.493 e. The molecular formula is C23H20ClF3N4O2. The van der Waals surface area contributed by atoms with Crippen molar-refractivity contribution in [1.29, 1.82) is 0 Å². The predicted molar refractivity (Wildman–Crippen MR) is 121 cm³/mol. The van der Waals surface area contributed by atoms with E-state index in [-0.39, 0.29) is 29.9 Å². The van der Waals surface area contributed by atoms with Gasteiger partial charge in [-0.25, -0.2) is 0 Å². The maximum atomic E-state index is 12.8. The molecule has 10 heteroatoms. The molecule has 3 rings (SSSR count). The van der Waals surface area contributed by atoms with Crippen LogP contribution in [0.1, 0.15) is 34.5 Å². The Bertz CT molecular complexity index is 1150. The monoisotopic (exact) mass is 476 g/mol. The number of anilines is 1. The molecule has 0 saturated carbocycles. The minimum atomic E-state index is -4.50. The van der Waals surface area contributed by atoms with Crippen molar-refractivity contribution in [2.75, 3.05) is 11.9 Å². The predicted octanol–water partition coefficient (Wildman–Crippen LogP) is 5.46. The third-order valence-corrected chi connectivity index (χ3v) is 4.97. The van der Waals surface area contributed by atoms with Gasteiger partial charge < -0.3 is 15.7 Å². The van der Waals surface area contributed by atoms with Crippen LogP contribution in [0.4, 0.5) is 19.0 Å². The zero-order valence-corrected chi connectivity index (χ0v) is 18.2. The normalized spacial score (nSPS) is 12.8. The summed E-state index contributed by atoms with van der Waals surface area (Å²) in [4.78, 5) is 20.6. The van der Waals surface area contributed by atoms with Crippen molar-refractivity contribution in [2.45, 2.75) is 19.1 Å². The van der Waals surface area contributed by atoms with Gasteiger partial charge in [0.15, 0.2) is 0 Å². The topological polar surface area (TPSA) is 86.6 Å². The molecule has 3 N–H and O–H groups in total. The number of pyridine rings is 1. The Balaban J connectivity index is 1.83. The van der Waals surface area contributed by atoms with Gasteiger partial charge in [0, 0.05) is 16.7 Å². The molecule has 3 aromatic rings. The van der Waals surface area contributed by atoms with Crippen molar-refractivity contribution >= 4 is 29.2 Å². The molecule has 1 amide bonds. The number of benzene rings is 2. The highest BCUT2D eigenvalue weighted by atomic mass is 35.5. The van der Waals surface area contributed by atoms with Gasteiger partial charge in [-0.05, 0) is 48.9 Å². The SMILES string of the molecule is CC(N/C(CNc1cccc(O)n1)=N/C(=O)c1ccc(C(F)(F)F)cc1)c1ccccc1Cl. The molecule has 1 aromatic heterocycles. The van der Waals surface area contributed by atoms with Crippen molar-refractivity contribution < 1.29 is 23.1 Å². The summed E-state index contributed by atoms with van der Waals surface area (Å²) in [7, 11) is 0. The molecular weight excluding hydrogens is 457 g/mol. The van der Waals surface area contributed by atoms with Gasteiger partial charge in [-0.1, -0.05) is 35.9 Å². The van der Waals surface area contributed by atoms with E-state index in [1.54, 1.807) is 24.3 Å². The lowest BCUT2D eigenvalue weighted by atomic mass is 10.1. The summed E-state index contributed by atoms with van der Waals surface area (Å²) in [5.74, 6) is -0.352. The van der Waals surface area contributed by atoms with Gasteiger partial charge in [-0.2, -0.15) is 23.1 Å². The second-order valence-electron chi connectivity index (χ2n) is 7.06. The fourth-order valence-electron chi connectivity index (χ4n) is 2.96. The van der Waals surface area contributed by atoms with Gasteiger partial charge >= 0.3 is 6.18 Å². The van der Waals surface area contributed by atoms with Crippen molar-refractivity contribution in [1.82, 2.24) is 10.3 Å². The number of alkyl halides is 3. The number of rotatable bonds is 6.